The van der Waals surface area contributed by atoms with Gasteiger partial charge in [-0.3, -0.25) is 4.79 Å². The van der Waals surface area contributed by atoms with E-state index in [1.807, 2.05) is 0 Å². The van der Waals surface area contributed by atoms with Gasteiger partial charge in [-0.25, -0.2) is 4.39 Å². The minimum Gasteiger partial charge on any atom is -0.352 e. The van der Waals surface area contributed by atoms with Gasteiger partial charge in [-0.1, -0.05) is 54.1 Å². The lowest BCUT2D eigenvalue weighted by Crippen LogP contribution is -2.28. The predicted molar refractivity (Wildman–Crippen MR) is 103 cm³/mol. The van der Waals surface area contributed by atoms with E-state index in [9.17, 15) is 35.5 Å². The Bertz CT molecular complexity index is 927. The van der Waals surface area contributed by atoms with E-state index in [1.165, 1.54) is 37.3 Å². The van der Waals surface area contributed by atoms with Crippen molar-refractivity contribution >= 4 is 23.6 Å². The molecule has 0 spiro atoms. The van der Waals surface area contributed by atoms with Crippen LogP contribution in [0.2, 0.25) is 5.02 Å². The zero-order valence-electron chi connectivity index (χ0n) is 16.0. The molecule has 0 saturated heterocycles. The molecule has 0 aromatic heterocycles. The Morgan fingerprint density at radius 3 is 2.23 bits per heavy atom. The maximum atomic E-state index is 13.6. The highest BCUT2D eigenvalue weighted by Crippen LogP contribution is 2.38. The summed E-state index contributed by atoms with van der Waals surface area (Å²) in [6, 6.07) is 7.86. The van der Waals surface area contributed by atoms with E-state index in [0.29, 0.717) is 11.1 Å². The van der Waals surface area contributed by atoms with Crippen LogP contribution < -0.4 is 5.32 Å². The number of allylic oxidation sites excluding steroid dienone is 1. The van der Waals surface area contributed by atoms with Gasteiger partial charge in [-0.05, 0) is 35.2 Å². The Labute approximate surface area is 178 Å². The summed E-state index contributed by atoms with van der Waals surface area (Å²) in [6.07, 6.45) is -8.73. The molecule has 2 rings (SSSR count). The standard InChI is InChI=1S/C21H17ClF7NO/c1-12-8-15(9-17(22)19(12)23)16(21(27,28)29)7-6-13-2-4-14(5-3-13)11-30-18(31)10-20(24,25)26/h2-9,16H,10-11H2,1H3,(H,30,31)/b7-6+. The Kier molecular flexibility index (Phi) is 7.75. The second-order valence-electron chi connectivity index (χ2n) is 6.82. The van der Waals surface area contributed by atoms with Crippen molar-refractivity contribution in [2.45, 2.75) is 38.2 Å². The number of nitrogens with one attached hydrogen (secondary N) is 1. The number of hydrogen-bond donors (Lipinski definition) is 1. The van der Waals surface area contributed by atoms with Crippen LogP contribution in [0.4, 0.5) is 30.7 Å². The number of hydrogen-bond acceptors (Lipinski definition) is 1. The van der Waals surface area contributed by atoms with Crippen LogP contribution in [-0.4, -0.2) is 18.3 Å². The fourth-order valence-electron chi connectivity index (χ4n) is 2.74. The Balaban J connectivity index is 2.12. The number of aryl methyl sites for hydroxylation is 1. The third kappa shape index (κ3) is 7.57. The molecule has 0 aliphatic heterocycles. The second kappa shape index (κ2) is 9.72. The molecule has 1 atom stereocenters. The first-order valence-electron chi connectivity index (χ1n) is 8.89. The summed E-state index contributed by atoms with van der Waals surface area (Å²) in [4.78, 5) is 11.2. The third-order valence-electron chi connectivity index (χ3n) is 4.26. The molecule has 1 unspecified atom stereocenters. The number of rotatable bonds is 6. The van der Waals surface area contributed by atoms with E-state index in [4.69, 9.17) is 11.6 Å². The van der Waals surface area contributed by atoms with Crippen molar-refractivity contribution in [3.05, 3.63) is 75.6 Å². The lowest BCUT2D eigenvalue weighted by molar-refractivity contribution is -0.153. The summed E-state index contributed by atoms with van der Waals surface area (Å²) in [6.45, 7) is 1.16. The van der Waals surface area contributed by atoms with Gasteiger partial charge in [0.25, 0.3) is 0 Å². The zero-order valence-corrected chi connectivity index (χ0v) is 16.8. The molecule has 0 aliphatic carbocycles. The smallest absolute Gasteiger partial charge is 0.352 e. The first-order valence-corrected chi connectivity index (χ1v) is 9.27. The molecule has 2 aromatic rings. The topological polar surface area (TPSA) is 29.1 Å². The highest BCUT2D eigenvalue weighted by molar-refractivity contribution is 6.30. The van der Waals surface area contributed by atoms with E-state index in [0.717, 1.165) is 18.2 Å². The number of alkyl halides is 6. The van der Waals surface area contributed by atoms with E-state index in [2.05, 4.69) is 5.32 Å². The van der Waals surface area contributed by atoms with Gasteiger partial charge in [0.05, 0.1) is 10.9 Å². The monoisotopic (exact) mass is 467 g/mol. The maximum Gasteiger partial charge on any atom is 0.399 e. The molecule has 2 aromatic carbocycles. The van der Waals surface area contributed by atoms with Crippen LogP contribution in [-0.2, 0) is 11.3 Å². The number of amides is 1. The lowest BCUT2D eigenvalue weighted by Gasteiger charge is -2.18. The molecule has 10 heteroatoms. The van der Waals surface area contributed by atoms with Crippen molar-refractivity contribution in [3.8, 4) is 0 Å². The lowest BCUT2D eigenvalue weighted by atomic mass is 9.95. The molecular weight excluding hydrogens is 451 g/mol. The van der Waals surface area contributed by atoms with Gasteiger partial charge >= 0.3 is 12.4 Å². The summed E-state index contributed by atoms with van der Waals surface area (Å²) in [5, 5.41) is 1.71. The van der Waals surface area contributed by atoms with Gasteiger partial charge in [0.1, 0.15) is 12.2 Å². The van der Waals surface area contributed by atoms with E-state index in [-0.39, 0.29) is 17.7 Å². The van der Waals surface area contributed by atoms with Crippen LogP contribution in [0.15, 0.2) is 42.5 Å². The molecule has 0 aliphatic rings. The van der Waals surface area contributed by atoms with Crippen LogP contribution >= 0.6 is 11.6 Å². The summed E-state index contributed by atoms with van der Waals surface area (Å²) in [5.41, 5.74) is 0.643. The molecule has 1 amide bonds. The fourth-order valence-corrected chi connectivity index (χ4v) is 3.02. The number of halogens is 8. The maximum absolute atomic E-state index is 13.6. The zero-order chi connectivity index (χ0) is 23.4. The van der Waals surface area contributed by atoms with Gasteiger partial charge in [0, 0.05) is 6.54 Å². The molecule has 168 valence electrons. The van der Waals surface area contributed by atoms with Crippen molar-refractivity contribution < 1.29 is 35.5 Å². The average Bonchev–Trinajstić information content (AvgIpc) is 2.63. The van der Waals surface area contributed by atoms with Crippen LogP contribution in [0.25, 0.3) is 6.08 Å². The normalized spacial score (nSPS) is 13.5. The molecular formula is C21H17ClF7NO. The molecule has 0 saturated carbocycles. The molecule has 1 N–H and O–H groups in total. The van der Waals surface area contributed by atoms with Crippen molar-refractivity contribution in [1.82, 2.24) is 5.32 Å². The van der Waals surface area contributed by atoms with Gasteiger partial charge in [0.15, 0.2) is 0 Å². The average molecular weight is 468 g/mol. The van der Waals surface area contributed by atoms with Gasteiger partial charge < -0.3 is 5.32 Å². The SMILES string of the molecule is Cc1cc(C(/C=C/c2ccc(CNC(=O)CC(F)(F)F)cc2)C(F)(F)F)cc(Cl)c1F. The molecule has 2 nitrogen and oxygen atoms in total. The van der Waals surface area contributed by atoms with Crippen LogP contribution in [0.3, 0.4) is 0 Å². The Hall–Kier alpha value is -2.55. The van der Waals surface area contributed by atoms with Crippen LogP contribution in [0.5, 0.6) is 0 Å². The molecule has 0 fully saturated rings. The quantitative estimate of drug-likeness (QED) is 0.470. The fraction of sp³-hybridized carbons (Fsp3) is 0.286. The summed E-state index contributed by atoms with van der Waals surface area (Å²) >= 11 is 5.68. The summed E-state index contributed by atoms with van der Waals surface area (Å²) in [5.74, 6) is -3.99. The van der Waals surface area contributed by atoms with Gasteiger partial charge in [0.2, 0.25) is 5.91 Å². The minimum absolute atomic E-state index is 0.0120. The molecule has 0 heterocycles. The first kappa shape index (κ1) is 24.7. The summed E-state index contributed by atoms with van der Waals surface area (Å²) in [7, 11) is 0. The van der Waals surface area contributed by atoms with Crippen molar-refractivity contribution in [1.29, 1.82) is 0 Å². The highest BCUT2D eigenvalue weighted by atomic mass is 35.5. The largest absolute Gasteiger partial charge is 0.399 e. The Morgan fingerprint density at radius 2 is 1.71 bits per heavy atom. The van der Waals surface area contributed by atoms with Crippen LogP contribution in [0, 0.1) is 12.7 Å². The minimum atomic E-state index is -4.65. The number of benzene rings is 2. The third-order valence-corrected chi connectivity index (χ3v) is 4.53. The van der Waals surface area contributed by atoms with Crippen LogP contribution in [0.1, 0.15) is 34.6 Å². The molecule has 0 bridgehead atoms. The summed E-state index contributed by atoms with van der Waals surface area (Å²) < 4.78 is 90.6. The second-order valence-corrected chi connectivity index (χ2v) is 7.23. The highest BCUT2D eigenvalue weighted by Gasteiger charge is 2.39. The van der Waals surface area contributed by atoms with E-state index < -0.39 is 41.4 Å². The molecule has 31 heavy (non-hydrogen) atoms. The van der Waals surface area contributed by atoms with Gasteiger partial charge in [-0.15, -0.1) is 0 Å². The molecule has 0 radical (unpaired) electrons. The van der Waals surface area contributed by atoms with Crippen molar-refractivity contribution in [2.75, 3.05) is 0 Å². The first-order chi connectivity index (χ1) is 14.3. The van der Waals surface area contributed by atoms with Crippen molar-refractivity contribution in [2.24, 2.45) is 0 Å². The van der Waals surface area contributed by atoms with E-state index in [1.54, 1.807) is 0 Å². The number of carbonyl (C=O) groups excluding carboxylic acids is 1. The number of carbonyl (C=O) groups is 1. The van der Waals surface area contributed by atoms with Gasteiger partial charge in [-0.2, -0.15) is 26.3 Å². The van der Waals surface area contributed by atoms with Crippen molar-refractivity contribution in [3.63, 3.8) is 0 Å². The predicted octanol–water partition coefficient (Wildman–Crippen LogP) is 6.72. The van der Waals surface area contributed by atoms with E-state index >= 15 is 0 Å². The Morgan fingerprint density at radius 1 is 1.10 bits per heavy atom.